The summed E-state index contributed by atoms with van der Waals surface area (Å²) >= 11 is 0. The molecule has 0 heterocycles. The van der Waals surface area contributed by atoms with Gasteiger partial charge in [0.1, 0.15) is 0 Å². The molecule has 1 fully saturated rings. The Morgan fingerprint density at radius 3 is 2.18 bits per heavy atom. The fraction of sp³-hybridized carbons (Fsp3) is 0.667. The molecule has 158 valence electrons. The van der Waals surface area contributed by atoms with E-state index in [0.29, 0.717) is 24.0 Å². The zero-order chi connectivity index (χ0) is 20.7. The molecule has 0 bridgehead atoms. The first-order chi connectivity index (χ1) is 13.3. The van der Waals surface area contributed by atoms with E-state index in [4.69, 9.17) is 0 Å². The third-order valence-electron chi connectivity index (χ3n) is 5.57. The van der Waals surface area contributed by atoms with Crippen LogP contribution in [0.15, 0.2) is 29.2 Å². The molecule has 1 amide bonds. The van der Waals surface area contributed by atoms with Crippen LogP contribution in [0.1, 0.15) is 71.4 Å². The number of hydrogen-bond acceptors (Lipinski definition) is 4. The van der Waals surface area contributed by atoms with Gasteiger partial charge in [-0.3, -0.25) is 10.1 Å². The number of benzene rings is 1. The second-order valence-corrected chi connectivity index (χ2v) is 9.55. The van der Waals surface area contributed by atoms with Gasteiger partial charge in [0.15, 0.2) is 0 Å². The molecule has 6 nitrogen and oxygen atoms in total. The van der Waals surface area contributed by atoms with Gasteiger partial charge in [-0.15, -0.1) is 0 Å². The van der Waals surface area contributed by atoms with Crippen LogP contribution in [0, 0.1) is 0 Å². The maximum Gasteiger partial charge on any atom is 0.243 e. The molecular weight excluding hydrogens is 374 g/mol. The smallest absolute Gasteiger partial charge is 0.243 e. The Hall–Kier alpha value is -1.44. The summed E-state index contributed by atoms with van der Waals surface area (Å²) in [5, 5.41) is 6.46. The second-order valence-electron chi connectivity index (χ2n) is 7.61. The van der Waals surface area contributed by atoms with Gasteiger partial charge in [-0.2, -0.15) is 4.31 Å². The molecule has 0 aliphatic heterocycles. The van der Waals surface area contributed by atoms with Crippen LogP contribution in [0.4, 0.5) is 0 Å². The molecule has 1 aromatic carbocycles. The molecule has 2 atom stereocenters. The Kier molecular flexibility index (Phi) is 8.46. The highest BCUT2D eigenvalue weighted by Crippen LogP contribution is 2.20. The second kappa shape index (κ2) is 10.4. The number of amides is 1. The van der Waals surface area contributed by atoms with Crippen LogP contribution in [0.3, 0.4) is 0 Å². The number of sulfonamides is 1. The minimum absolute atomic E-state index is 0.0273. The highest BCUT2D eigenvalue weighted by molar-refractivity contribution is 7.89. The molecule has 28 heavy (non-hydrogen) atoms. The number of carbonyl (C=O) groups excluding carboxylic acids is 1. The van der Waals surface area contributed by atoms with Gasteiger partial charge in [0.25, 0.3) is 0 Å². The van der Waals surface area contributed by atoms with E-state index in [1.807, 2.05) is 39.8 Å². The lowest BCUT2D eigenvalue weighted by atomic mass is 9.95. The number of carbonyl (C=O) groups is 1. The van der Waals surface area contributed by atoms with E-state index in [0.717, 1.165) is 18.4 Å². The van der Waals surface area contributed by atoms with Gasteiger partial charge >= 0.3 is 0 Å². The van der Waals surface area contributed by atoms with Gasteiger partial charge in [-0.25, -0.2) is 8.42 Å². The fourth-order valence-corrected chi connectivity index (χ4v) is 5.22. The third-order valence-corrected chi connectivity index (χ3v) is 7.63. The Labute approximate surface area is 170 Å². The Bertz CT molecular complexity index is 724. The fourth-order valence-electron chi connectivity index (χ4n) is 3.76. The van der Waals surface area contributed by atoms with Gasteiger partial charge in [0, 0.05) is 25.2 Å². The number of rotatable bonds is 9. The zero-order valence-electron chi connectivity index (χ0n) is 17.6. The van der Waals surface area contributed by atoms with Crippen molar-refractivity contribution in [2.75, 3.05) is 13.1 Å². The SMILES string of the molecule is CCN(CC)S(=O)(=O)c1ccc([C@H](C)N[C@@H](C)C(=O)NC2CCCCC2)cc1. The standard InChI is InChI=1S/C21H35N3O3S/c1-5-24(6-2)28(26,27)20-14-12-18(13-15-20)16(3)22-17(4)21(25)23-19-10-8-7-9-11-19/h12-17,19,22H,5-11H2,1-4H3,(H,23,25)/t16-,17-/m0/s1. The van der Waals surface area contributed by atoms with Crippen LogP contribution in [0.25, 0.3) is 0 Å². The monoisotopic (exact) mass is 409 g/mol. The van der Waals surface area contributed by atoms with E-state index in [1.165, 1.54) is 23.6 Å². The zero-order valence-corrected chi connectivity index (χ0v) is 18.4. The Morgan fingerprint density at radius 2 is 1.64 bits per heavy atom. The summed E-state index contributed by atoms with van der Waals surface area (Å²) < 4.78 is 26.6. The first-order valence-electron chi connectivity index (χ1n) is 10.5. The van der Waals surface area contributed by atoms with Crippen molar-refractivity contribution in [1.29, 1.82) is 0 Å². The van der Waals surface area contributed by atoms with E-state index in [-0.39, 0.29) is 18.0 Å². The average molecular weight is 410 g/mol. The van der Waals surface area contributed by atoms with E-state index in [2.05, 4.69) is 10.6 Å². The minimum atomic E-state index is -3.45. The van der Waals surface area contributed by atoms with Crippen molar-refractivity contribution >= 4 is 15.9 Å². The lowest BCUT2D eigenvalue weighted by molar-refractivity contribution is -0.123. The predicted molar refractivity (Wildman–Crippen MR) is 113 cm³/mol. The molecule has 0 radical (unpaired) electrons. The molecule has 2 rings (SSSR count). The highest BCUT2D eigenvalue weighted by atomic mass is 32.2. The average Bonchev–Trinajstić information content (AvgIpc) is 2.69. The summed E-state index contributed by atoms with van der Waals surface area (Å²) in [5.41, 5.74) is 0.954. The van der Waals surface area contributed by atoms with Crippen molar-refractivity contribution in [2.45, 2.75) is 82.8 Å². The van der Waals surface area contributed by atoms with Crippen molar-refractivity contribution in [3.63, 3.8) is 0 Å². The molecule has 1 aliphatic carbocycles. The summed E-state index contributed by atoms with van der Waals surface area (Å²) in [7, 11) is -3.45. The van der Waals surface area contributed by atoms with E-state index >= 15 is 0 Å². The van der Waals surface area contributed by atoms with E-state index in [9.17, 15) is 13.2 Å². The molecule has 1 aromatic rings. The number of nitrogens with zero attached hydrogens (tertiary/aromatic N) is 1. The van der Waals surface area contributed by atoms with Crippen LogP contribution in [-0.2, 0) is 14.8 Å². The molecule has 0 unspecified atom stereocenters. The van der Waals surface area contributed by atoms with Gasteiger partial charge < -0.3 is 5.32 Å². The van der Waals surface area contributed by atoms with E-state index < -0.39 is 10.0 Å². The lowest BCUT2D eigenvalue weighted by Crippen LogP contribution is -2.47. The first-order valence-corrected chi connectivity index (χ1v) is 11.9. The first kappa shape index (κ1) is 22.8. The van der Waals surface area contributed by atoms with Gasteiger partial charge in [0.2, 0.25) is 15.9 Å². The number of hydrogen-bond donors (Lipinski definition) is 2. The summed E-state index contributed by atoms with van der Waals surface area (Å²) in [6, 6.07) is 6.86. The van der Waals surface area contributed by atoms with Crippen molar-refractivity contribution in [1.82, 2.24) is 14.9 Å². The van der Waals surface area contributed by atoms with Crippen LogP contribution >= 0.6 is 0 Å². The molecule has 1 aliphatic rings. The molecule has 2 N–H and O–H groups in total. The molecule has 7 heteroatoms. The number of nitrogens with one attached hydrogen (secondary N) is 2. The van der Waals surface area contributed by atoms with Crippen LogP contribution < -0.4 is 10.6 Å². The molecular formula is C21H35N3O3S. The van der Waals surface area contributed by atoms with Crippen LogP contribution in [0.5, 0.6) is 0 Å². The van der Waals surface area contributed by atoms with Gasteiger partial charge in [0.05, 0.1) is 10.9 Å². The minimum Gasteiger partial charge on any atom is -0.352 e. The van der Waals surface area contributed by atoms with Gasteiger partial charge in [-0.1, -0.05) is 45.2 Å². The van der Waals surface area contributed by atoms with Crippen LogP contribution in [0.2, 0.25) is 0 Å². The van der Waals surface area contributed by atoms with Crippen molar-refractivity contribution < 1.29 is 13.2 Å². The molecule has 0 saturated heterocycles. The molecule has 0 spiro atoms. The summed E-state index contributed by atoms with van der Waals surface area (Å²) in [6.07, 6.45) is 5.77. The van der Waals surface area contributed by atoms with Crippen molar-refractivity contribution in [2.24, 2.45) is 0 Å². The summed E-state index contributed by atoms with van der Waals surface area (Å²) in [4.78, 5) is 12.7. The van der Waals surface area contributed by atoms with Crippen molar-refractivity contribution in [3.8, 4) is 0 Å². The maximum atomic E-state index is 12.6. The molecule has 1 saturated carbocycles. The lowest BCUT2D eigenvalue weighted by Gasteiger charge is -2.26. The van der Waals surface area contributed by atoms with Crippen LogP contribution in [-0.4, -0.2) is 43.8 Å². The van der Waals surface area contributed by atoms with E-state index in [1.54, 1.807) is 12.1 Å². The van der Waals surface area contributed by atoms with Crippen molar-refractivity contribution in [3.05, 3.63) is 29.8 Å². The quantitative estimate of drug-likeness (QED) is 0.656. The third kappa shape index (κ3) is 5.78. The topological polar surface area (TPSA) is 78.5 Å². The summed E-state index contributed by atoms with van der Waals surface area (Å²) in [6.45, 7) is 8.42. The van der Waals surface area contributed by atoms with Gasteiger partial charge in [-0.05, 0) is 44.4 Å². The normalized spacial score (nSPS) is 18.0. The maximum absolute atomic E-state index is 12.6. The molecule has 0 aromatic heterocycles. The summed E-state index contributed by atoms with van der Waals surface area (Å²) in [5.74, 6) is 0.0273. The highest BCUT2D eigenvalue weighted by Gasteiger charge is 2.23. The Morgan fingerprint density at radius 1 is 1.07 bits per heavy atom. The Balaban J connectivity index is 1.96. The predicted octanol–water partition coefficient (Wildman–Crippen LogP) is 3.21. The largest absolute Gasteiger partial charge is 0.352 e.